The van der Waals surface area contributed by atoms with Gasteiger partial charge in [-0.1, -0.05) is 20.8 Å². The zero-order chi connectivity index (χ0) is 12.5. The van der Waals surface area contributed by atoms with E-state index in [0.717, 1.165) is 26.2 Å². The fourth-order valence-corrected chi connectivity index (χ4v) is 3.11. The fraction of sp³-hybridized carbons (Fsp3) is 0.769. The molecule has 96 valence electrons. The van der Waals surface area contributed by atoms with E-state index in [1.54, 1.807) is 0 Å². The van der Waals surface area contributed by atoms with Gasteiger partial charge in [-0.05, 0) is 6.92 Å². The highest BCUT2D eigenvalue weighted by Gasteiger charge is 2.22. The summed E-state index contributed by atoms with van der Waals surface area (Å²) in [7, 11) is 0. The third kappa shape index (κ3) is 3.27. The molecule has 0 saturated carbocycles. The molecule has 1 unspecified atom stereocenters. The van der Waals surface area contributed by atoms with Gasteiger partial charge in [0, 0.05) is 29.3 Å². The van der Waals surface area contributed by atoms with E-state index in [9.17, 15) is 0 Å². The van der Waals surface area contributed by atoms with Crippen molar-refractivity contribution in [1.82, 2.24) is 10.3 Å². The van der Waals surface area contributed by atoms with E-state index >= 15 is 0 Å². The number of aryl methyl sites for hydroxylation is 1. The molecule has 2 heterocycles. The first-order valence-corrected chi connectivity index (χ1v) is 7.06. The van der Waals surface area contributed by atoms with E-state index in [1.165, 1.54) is 15.6 Å². The highest BCUT2D eigenvalue weighted by Crippen LogP contribution is 2.29. The van der Waals surface area contributed by atoms with Crippen LogP contribution in [0.25, 0.3) is 0 Å². The van der Waals surface area contributed by atoms with Gasteiger partial charge in [-0.15, -0.1) is 11.3 Å². The van der Waals surface area contributed by atoms with Gasteiger partial charge in [-0.2, -0.15) is 0 Å². The number of ether oxygens (including phenoxy) is 1. The first-order valence-electron chi connectivity index (χ1n) is 6.25. The van der Waals surface area contributed by atoms with Crippen molar-refractivity contribution in [1.29, 1.82) is 0 Å². The minimum atomic E-state index is 0.157. The van der Waals surface area contributed by atoms with Crippen molar-refractivity contribution < 1.29 is 4.74 Å². The van der Waals surface area contributed by atoms with Gasteiger partial charge in [-0.3, -0.25) is 0 Å². The van der Waals surface area contributed by atoms with Gasteiger partial charge in [0.25, 0.3) is 0 Å². The summed E-state index contributed by atoms with van der Waals surface area (Å²) in [5, 5.41) is 4.73. The molecule has 0 aliphatic carbocycles. The predicted octanol–water partition coefficient (Wildman–Crippen LogP) is 2.28. The maximum Gasteiger partial charge on any atom is 0.0984 e. The molecule has 0 amide bonds. The summed E-state index contributed by atoms with van der Waals surface area (Å²) in [6.45, 7) is 11.4. The van der Waals surface area contributed by atoms with E-state index in [1.807, 2.05) is 11.3 Å². The second-order valence-electron chi connectivity index (χ2n) is 5.71. The number of morpholine rings is 1. The maximum absolute atomic E-state index is 5.49. The monoisotopic (exact) mass is 254 g/mol. The van der Waals surface area contributed by atoms with Crippen LogP contribution in [0.15, 0.2) is 0 Å². The molecule has 0 radical (unpaired) electrons. The first-order chi connectivity index (χ1) is 7.97. The Balaban J connectivity index is 2.07. The van der Waals surface area contributed by atoms with Gasteiger partial charge >= 0.3 is 0 Å². The minimum Gasteiger partial charge on any atom is -0.379 e. The number of rotatable bonds is 2. The van der Waals surface area contributed by atoms with Gasteiger partial charge in [0.05, 0.1) is 23.9 Å². The molecule has 1 aromatic rings. The lowest BCUT2D eigenvalue weighted by Gasteiger charge is -2.23. The molecule has 1 aliphatic rings. The molecule has 4 heteroatoms. The lowest BCUT2D eigenvalue weighted by atomic mass is 9.98. The van der Waals surface area contributed by atoms with Crippen LogP contribution in [0.3, 0.4) is 0 Å². The molecule has 3 nitrogen and oxygen atoms in total. The quantitative estimate of drug-likeness (QED) is 0.879. The normalized spacial score (nSPS) is 21.8. The Kier molecular flexibility index (Phi) is 3.85. The van der Waals surface area contributed by atoms with Gasteiger partial charge in [0.15, 0.2) is 0 Å². The van der Waals surface area contributed by atoms with E-state index in [2.05, 4.69) is 33.0 Å². The minimum absolute atomic E-state index is 0.157. The SMILES string of the molecule is Cc1nc(C(C)(C)C)sc1CC1COCCN1. The molecule has 0 spiro atoms. The summed E-state index contributed by atoms with van der Waals surface area (Å²) in [4.78, 5) is 6.10. The average Bonchev–Trinajstić information content (AvgIpc) is 2.62. The number of nitrogens with zero attached hydrogens (tertiary/aromatic N) is 1. The molecule has 1 N–H and O–H groups in total. The Bertz CT molecular complexity index is 375. The van der Waals surface area contributed by atoms with Crippen molar-refractivity contribution in [3.8, 4) is 0 Å². The van der Waals surface area contributed by atoms with Crippen LogP contribution in [0.5, 0.6) is 0 Å². The van der Waals surface area contributed by atoms with Gasteiger partial charge in [-0.25, -0.2) is 4.98 Å². The molecular formula is C13H22N2OS. The highest BCUT2D eigenvalue weighted by molar-refractivity contribution is 7.11. The maximum atomic E-state index is 5.49. The van der Waals surface area contributed by atoms with Crippen molar-refractivity contribution in [2.45, 2.75) is 45.6 Å². The summed E-state index contributed by atoms with van der Waals surface area (Å²) < 4.78 is 5.49. The smallest absolute Gasteiger partial charge is 0.0984 e. The van der Waals surface area contributed by atoms with Crippen LogP contribution in [0, 0.1) is 6.92 Å². The van der Waals surface area contributed by atoms with Crippen LogP contribution in [0.1, 0.15) is 36.3 Å². The topological polar surface area (TPSA) is 34.1 Å². The number of nitrogens with one attached hydrogen (secondary N) is 1. The Hall–Kier alpha value is -0.450. The lowest BCUT2D eigenvalue weighted by molar-refractivity contribution is 0.0772. The molecule has 1 atom stereocenters. The summed E-state index contributed by atoms with van der Waals surface area (Å²) in [6.07, 6.45) is 1.04. The Morgan fingerprint density at radius 1 is 1.47 bits per heavy atom. The molecular weight excluding hydrogens is 232 g/mol. The van der Waals surface area contributed by atoms with E-state index in [0.29, 0.717) is 6.04 Å². The Morgan fingerprint density at radius 2 is 2.24 bits per heavy atom. The van der Waals surface area contributed by atoms with Crippen LogP contribution in [0.4, 0.5) is 0 Å². The zero-order valence-electron chi connectivity index (χ0n) is 11.2. The zero-order valence-corrected chi connectivity index (χ0v) is 12.0. The number of aromatic nitrogens is 1. The molecule has 0 bridgehead atoms. The van der Waals surface area contributed by atoms with Gasteiger partial charge < -0.3 is 10.1 Å². The van der Waals surface area contributed by atoms with Crippen LogP contribution in [-0.4, -0.2) is 30.8 Å². The fourth-order valence-electron chi connectivity index (χ4n) is 1.91. The molecule has 2 rings (SSSR count). The number of hydrogen-bond donors (Lipinski definition) is 1. The second-order valence-corrected chi connectivity index (χ2v) is 6.79. The van der Waals surface area contributed by atoms with Crippen LogP contribution < -0.4 is 5.32 Å². The molecule has 1 saturated heterocycles. The molecule has 1 aliphatic heterocycles. The van der Waals surface area contributed by atoms with Crippen LogP contribution >= 0.6 is 11.3 Å². The molecule has 1 aromatic heterocycles. The first kappa shape index (κ1) is 13.0. The van der Waals surface area contributed by atoms with E-state index in [-0.39, 0.29) is 5.41 Å². The molecule has 17 heavy (non-hydrogen) atoms. The summed E-state index contributed by atoms with van der Waals surface area (Å²) in [5.41, 5.74) is 1.34. The van der Waals surface area contributed by atoms with Gasteiger partial charge in [0.2, 0.25) is 0 Å². The largest absolute Gasteiger partial charge is 0.379 e. The van der Waals surface area contributed by atoms with Crippen molar-refractivity contribution in [3.63, 3.8) is 0 Å². The average molecular weight is 254 g/mol. The summed E-state index contributed by atoms with van der Waals surface area (Å²) in [6, 6.07) is 0.454. The number of thiazole rings is 1. The third-order valence-electron chi connectivity index (χ3n) is 2.96. The van der Waals surface area contributed by atoms with E-state index < -0.39 is 0 Å². The van der Waals surface area contributed by atoms with E-state index in [4.69, 9.17) is 9.72 Å². The van der Waals surface area contributed by atoms with Gasteiger partial charge in [0.1, 0.15) is 0 Å². The van der Waals surface area contributed by atoms with Crippen molar-refractivity contribution in [2.24, 2.45) is 0 Å². The standard InChI is InChI=1S/C13H22N2OS/c1-9-11(7-10-8-16-6-5-14-10)17-12(15-9)13(2,3)4/h10,14H,5-8H2,1-4H3. The van der Waals surface area contributed by atoms with Crippen molar-refractivity contribution >= 4 is 11.3 Å². The molecule has 0 aromatic carbocycles. The summed E-state index contributed by atoms with van der Waals surface area (Å²) >= 11 is 1.85. The van der Waals surface area contributed by atoms with Crippen molar-refractivity contribution in [3.05, 3.63) is 15.6 Å². The number of hydrogen-bond acceptors (Lipinski definition) is 4. The third-order valence-corrected chi connectivity index (χ3v) is 4.57. The van der Waals surface area contributed by atoms with Crippen LogP contribution in [0.2, 0.25) is 0 Å². The second kappa shape index (κ2) is 5.04. The lowest BCUT2D eigenvalue weighted by Crippen LogP contribution is -2.42. The highest BCUT2D eigenvalue weighted by atomic mass is 32.1. The van der Waals surface area contributed by atoms with Crippen molar-refractivity contribution in [2.75, 3.05) is 19.8 Å². The summed E-state index contributed by atoms with van der Waals surface area (Å²) in [5.74, 6) is 0. The Morgan fingerprint density at radius 3 is 2.76 bits per heavy atom. The van der Waals surface area contributed by atoms with Crippen LogP contribution in [-0.2, 0) is 16.6 Å². The predicted molar refractivity (Wildman–Crippen MR) is 71.9 cm³/mol. The Labute approximate surface area is 108 Å². The molecule has 1 fully saturated rings.